The number of rotatable bonds is 8. The quantitative estimate of drug-likeness (QED) is 0.156. The summed E-state index contributed by atoms with van der Waals surface area (Å²) in [6.45, 7) is 0. The Balaban J connectivity index is 1.11. The van der Waals surface area contributed by atoms with Crippen molar-refractivity contribution in [1.29, 1.82) is 0 Å². The summed E-state index contributed by atoms with van der Waals surface area (Å²) in [6, 6.07) is 76.0. The molecule has 4 heteroatoms. The molecule has 58 heavy (non-hydrogen) atoms. The van der Waals surface area contributed by atoms with Crippen LogP contribution in [0.3, 0.4) is 0 Å². The van der Waals surface area contributed by atoms with Gasteiger partial charge in [0.15, 0.2) is 17.5 Å². The Morgan fingerprint density at radius 3 is 1.12 bits per heavy atom. The van der Waals surface area contributed by atoms with Gasteiger partial charge in [0, 0.05) is 27.6 Å². The van der Waals surface area contributed by atoms with Gasteiger partial charge in [0.05, 0.1) is 11.2 Å². The van der Waals surface area contributed by atoms with Gasteiger partial charge in [-0.15, -0.1) is 0 Å². The molecule has 0 aliphatic rings. The minimum atomic E-state index is 0.615. The predicted molar refractivity (Wildman–Crippen MR) is 239 cm³/mol. The van der Waals surface area contributed by atoms with Crippen LogP contribution in [0.5, 0.6) is 0 Å². The number of benzene rings is 8. The zero-order chi connectivity index (χ0) is 38.7. The van der Waals surface area contributed by atoms with Gasteiger partial charge in [0.25, 0.3) is 0 Å². The predicted octanol–water partition coefficient (Wildman–Crippen LogP) is 13.8. The van der Waals surface area contributed by atoms with Crippen molar-refractivity contribution in [3.05, 3.63) is 218 Å². The van der Waals surface area contributed by atoms with Crippen LogP contribution in [0.25, 0.3) is 101 Å². The normalized spacial score (nSPS) is 11.1. The van der Waals surface area contributed by atoms with Crippen LogP contribution in [0.2, 0.25) is 0 Å². The standard InChI is InChI=1S/C54H36N4/c1-5-14-37(15-6-1)39-24-26-41(27-25-39)45-32-33-50-49(35-45)48(36-51(55-50)42-30-28-40(29-31-42)38-16-7-2-8-17-38)46-22-13-23-47(34-46)54-57-52(43-18-9-3-10-19-43)56-53(58-54)44-20-11-4-12-21-44/h1-36H. The maximum Gasteiger partial charge on any atom is 0.164 e. The van der Waals surface area contributed by atoms with Crippen LogP contribution >= 0.6 is 0 Å². The van der Waals surface area contributed by atoms with Gasteiger partial charge in [0.2, 0.25) is 0 Å². The molecule has 0 atom stereocenters. The monoisotopic (exact) mass is 740 g/mol. The molecule has 0 fully saturated rings. The highest BCUT2D eigenvalue weighted by molar-refractivity contribution is 5.99. The Bertz CT molecular complexity index is 2940. The van der Waals surface area contributed by atoms with E-state index in [9.17, 15) is 0 Å². The Morgan fingerprint density at radius 1 is 0.224 bits per heavy atom. The van der Waals surface area contributed by atoms with Gasteiger partial charge in [-0.3, -0.25) is 0 Å². The third-order valence-electron chi connectivity index (χ3n) is 10.6. The molecule has 0 bridgehead atoms. The molecule has 272 valence electrons. The highest BCUT2D eigenvalue weighted by Gasteiger charge is 2.16. The Kier molecular flexibility index (Phi) is 9.18. The van der Waals surface area contributed by atoms with E-state index in [2.05, 4.69) is 146 Å². The second-order valence-corrected chi connectivity index (χ2v) is 14.3. The Hall–Kier alpha value is -7.82. The summed E-state index contributed by atoms with van der Waals surface area (Å²) in [4.78, 5) is 20.3. The van der Waals surface area contributed by atoms with Crippen molar-refractivity contribution in [3.63, 3.8) is 0 Å². The van der Waals surface area contributed by atoms with Crippen molar-refractivity contribution in [2.75, 3.05) is 0 Å². The lowest BCUT2D eigenvalue weighted by Gasteiger charge is -2.14. The van der Waals surface area contributed by atoms with Gasteiger partial charge in [-0.2, -0.15) is 0 Å². The first-order chi connectivity index (χ1) is 28.7. The summed E-state index contributed by atoms with van der Waals surface area (Å²) in [5, 5.41) is 1.07. The zero-order valence-electron chi connectivity index (χ0n) is 31.6. The maximum atomic E-state index is 5.26. The zero-order valence-corrected chi connectivity index (χ0v) is 31.6. The van der Waals surface area contributed by atoms with Crippen molar-refractivity contribution < 1.29 is 0 Å². The highest BCUT2D eigenvalue weighted by atomic mass is 15.0. The van der Waals surface area contributed by atoms with E-state index in [1.165, 1.54) is 22.3 Å². The van der Waals surface area contributed by atoms with Crippen LogP contribution in [0.4, 0.5) is 0 Å². The fourth-order valence-corrected chi connectivity index (χ4v) is 7.51. The van der Waals surface area contributed by atoms with Crippen molar-refractivity contribution in [3.8, 4) is 89.9 Å². The first-order valence-electron chi connectivity index (χ1n) is 19.5. The Labute approximate surface area is 337 Å². The lowest BCUT2D eigenvalue weighted by molar-refractivity contribution is 1.07. The summed E-state index contributed by atoms with van der Waals surface area (Å²) < 4.78 is 0. The van der Waals surface area contributed by atoms with E-state index in [0.717, 1.165) is 61.1 Å². The van der Waals surface area contributed by atoms with Gasteiger partial charge in [-0.1, -0.05) is 194 Å². The van der Waals surface area contributed by atoms with Crippen molar-refractivity contribution in [2.24, 2.45) is 0 Å². The van der Waals surface area contributed by atoms with Gasteiger partial charge in [-0.05, 0) is 68.8 Å². The fraction of sp³-hybridized carbons (Fsp3) is 0. The van der Waals surface area contributed by atoms with E-state index in [4.69, 9.17) is 19.9 Å². The summed E-state index contributed by atoms with van der Waals surface area (Å²) in [5.41, 5.74) is 14.8. The number of hydrogen-bond acceptors (Lipinski definition) is 4. The van der Waals surface area contributed by atoms with Crippen LogP contribution in [0.1, 0.15) is 0 Å². The number of nitrogens with zero attached hydrogens (tertiary/aromatic N) is 4. The van der Waals surface area contributed by atoms with E-state index >= 15 is 0 Å². The van der Waals surface area contributed by atoms with Gasteiger partial charge < -0.3 is 0 Å². The number of hydrogen-bond donors (Lipinski definition) is 0. The highest BCUT2D eigenvalue weighted by Crippen LogP contribution is 2.37. The molecule has 4 nitrogen and oxygen atoms in total. The molecule has 0 N–H and O–H groups in total. The second kappa shape index (κ2) is 15.4. The number of aromatic nitrogens is 4. The van der Waals surface area contributed by atoms with E-state index < -0.39 is 0 Å². The first kappa shape index (κ1) is 34.7. The van der Waals surface area contributed by atoms with Crippen LogP contribution in [-0.2, 0) is 0 Å². The van der Waals surface area contributed by atoms with Crippen molar-refractivity contribution >= 4 is 10.9 Å². The molecule has 2 aromatic heterocycles. The molecule has 0 unspecified atom stereocenters. The molecule has 8 aromatic carbocycles. The topological polar surface area (TPSA) is 51.6 Å². The number of pyridine rings is 1. The summed E-state index contributed by atoms with van der Waals surface area (Å²) in [5.74, 6) is 1.88. The van der Waals surface area contributed by atoms with Gasteiger partial charge >= 0.3 is 0 Å². The molecular weight excluding hydrogens is 705 g/mol. The molecule has 0 saturated heterocycles. The van der Waals surface area contributed by atoms with E-state index in [1.807, 2.05) is 72.8 Å². The molecule has 10 rings (SSSR count). The molecule has 2 heterocycles. The van der Waals surface area contributed by atoms with Crippen LogP contribution in [-0.4, -0.2) is 19.9 Å². The summed E-state index contributed by atoms with van der Waals surface area (Å²) in [7, 11) is 0. The average Bonchev–Trinajstić information content (AvgIpc) is 3.32. The molecule has 0 radical (unpaired) electrons. The first-order valence-corrected chi connectivity index (χ1v) is 19.5. The Morgan fingerprint density at radius 2 is 0.603 bits per heavy atom. The molecule has 0 aliphatic carbocycles. The van der Waals surface area contributed by atoms with Crippen LogP contribution in [0, 0.1) is 0 Å². The largest absolute Gasteiger partial charge is 0.248 e. The molecule has 10 aromatic rings. The number of fused-ring (bicyclic) bond motifs is 1. The minimum Gasteiger partial charge on any atom is -0.248 e. The summed E-state index contributed by atoms with van der Waals surface area (Å²) in [6.07, 6.45) is 0. The van der Waals surface area contributed by atoms with E-state index in [-0.39, 0.29) is 0 Å². The van der Waals surface area contributed by atoms with Crippen LogP contribution < -0.4 is 0 Å². The molecule has 0 spiro atoms. The van der Waals surface area contributed by atoms with E-state index in [0.29, 0.717) is 17.5 Å². The molecule has 0 aliphatic heterocycles. The third-order valence-corrected chi connectivity index (χ3v) is 10.6. The molecular formula is C54H36N4. The van der Waals surface area contributed by atoms with Crippen molar-refractivity contribution in [1.82, 2.24) is 19.9 Å². The van der Waals surface area contributed by atoms with Crippen molar-refractivity contribution in [2.45, 2.75) is 0 Å². The molecule has 0 amide bonds. The third kappa shape index (κ3) is 7.07. The maximum absolute atomic E-state index is 5.26. The molecule has 0 saturated carbocycles. The average molecular weight is 741 g/mol. The smallest absolute Gasteiger partial charge is 0.164 e. The lowest BCUT2D eigenvalue weighted by atomic mass is 9.93. The van der Waals surface area contributed by atoms with Gasteiger partial charge in [-0.25, -0.2) is 19.9 Å². The summed E-state index contributed by atoms with van der Waals surface area (Å²) >= 11 is 0. The second-order valence-electron chi connectivity index (χ2n) is 14.3. The lowest BCUT2D eigenvalue weighted by Crippen LogP contribution is -2.00. The van der Waals surface area contributed by atoms with Gasteiger partial charge in [0.1, 0.15) is 0 Å². The minimum absolute atomic E-state index is 0.615. The fourth-order valence-electron chi connectivity index (χ4n) is 7.51. The van der Waals surface area contributed by atoms with Crippen LogP contribution in [0.15, 0.2) is 218 Å². The SMILES string of the molecule is c1ccc(-c2ccc(-c3ccc4nc(-c5ccc(-c6ccccc6)cc5)cc(-c5cccc(-c6nc(-c7ccccc7)nc(-c7ccccc7)n6)c5)c4c3)cc2)cc1. The van der Waals surface area contributed by atoms with E-state index in [1.54, 1.807) is 0 Å².